The van der Waals surface area contributed by atoms with E-state index in [0.29, 0.717) is 5.56 Å². The fourth-order valence-electron chi connectivity index (χ4n) is 2.53. The van der Waals surface area contributed by atoms with Crippen LogP contribution in [0.1, 0.15) is 36.3 Å². The van der Waals surface area contributed by atoms with Crippen LogP contribution in [-0.4, -0.2) is 20.8 Å². The molecule has 0 aliphatic rings. The second-order valence-corrected chi connectivity index (χ2v) is 5.45. The van der Waals surface area contributed by atoms with Crippen molar-refractivity contribution in [2.75, 3.05) is 0 Å². The molecule has 2 aromatic rings. The summed E-state index contributed by atoms with van der Waals surface area (Å²) >= 11 is 0. The molecule has 0 fully saturated rings. The average Bonchev–Trinajstić information content (AvgIpc) is 2.87. The second kappa shape index (κ2) is 6.99. The number of nitrogens with zero attached hydrogens (tertiary/aromatic N) is 3. The fraction of sp³-hybridized carbons (Fsp3) is 0.333. The number of hydrogen-bond donors (Lipinski definition) is 0. The summed E-state index contributed by atoms with van der Waals surface area (Å²) in [7, 11) is 0. The lowest BCUT2D eigenvalue weighted by molar-refractivity contribution is -0.386. The molecule has 126 valence electrons. The molecule has 1 aromatic carbocycles. The van der Waals surface area contributed by atoms with Crippen LogP contribution in [0.2, 0.25) is 0 Å². The molecule has 0 bridgehead atoms. The van der Waals surface area contributed by atoms with Crippen molar-refractivity contribution in [1.29, 1.82) is 0 Å². The van der Waals surface area contributed by atoms with Crippen LogP contribution in [0.5, 0.6) is 0 Å². The third-order valence-corrected chi connectivity index (χ3v) is 3.62. The molecule has 1 unspecified atom stereocenters. The van der Waals surface area contributed by atoms with E-state index in [0.717, 1.165) is 0 Å². The van der Waals surface area contributed by atoms with Crippen molar-refractivity contribution in [1.82, 2.24) is 5.16 Å². The highest BCUT2D eigenvalue weighted by atomic mass is 16.6. The Bertz CT molecular complexity index is 781. The maximum Gasteiger partial charge on any atom is 0.334 e. The quantitative estimate of drug-likeness (QED) is 0.562. The van der Waals surface area contributed by atoms with Gasteiger partial charge in [0.25, 0.3) is 5.69 Å². The molecule has 9 heteroatoms. The van der Waals surface area contributed by atoms with Gasteiger partial charge in [0, 0.05) is 25.0 Å². The zero-order chi connectivity index (χ0) is 17.9. The zero-order valence-corrected chi connectivity index (χ0v) is 13.1. The minimum atomic E-state index is -0.568. The van der Waals surface area contributed by atoms with E-state index in [2.05, 4.69) is 5.16 Å². The fourth-order valence-corrected chi connectivity index (χ4v) is 2.53. The van der Waals surface area contributed by atoms with Gasteiger partial charge >= 0.3 is 5.69 Å². The van der Waals surface area contributed by atoms with E-state index in [-0.39, 0.29) is 41.5 Å². The molecule has 0 aliphatic carbocycles. The minimum absolute atomic E-state index is 0.0678. The molecule has 24 heavy (non-hydrogen) atoms. The number of rotatable bonds is 7. The monoisotopic (exact) mass is 333 g/mol. The van der Waals surface area contributed by atoms with Gasteiger partial charge in [-0.15, -0.1) is 0 Å². The number of nitro benzene ring substituents is 1. The molecule has 0 spiro atoms. The number of hydrogen-bond acceptors (Lipinski definition) is 7. The standard InChI is InChI=1S/C15H15N3O6/c1-9(19)7-12(11-3-5-13(6-4-11)17(20)21)8-14-15(18(22)23)10(2)16-24-14/h3-6,12H,7-8H2,1-2H3. The molecule has 0 aliphatic heterocycles. The van der Waals surface area contributed by atoms with Gasteiger partial charge in [-0.2, -0.15) is 0 Å². The lowest BCUT2D eigenvalue weighted by Crippen LogP contribution is -2.08. The highest BCUT2D eigenvalue weighted by molar-refractivity contribution is 5.76. The van der Waals surface area contributed by atoms with Gasteiger partial charge in [0.1, 0.15) is 5.78 Å². The number of Topliss-reactive ketones (excluding diaryl/α,β-unsaturated/α-hetero) is 1. The van der Waals surface area contributed by atoms with Crippen molar-refractivity contribution in [3.63, 3.8) is 0 Å². The number of aromatic nitrogens is 1. The van der Waals surface area contributed by atoms with Crippen LogP contribution in [0, 0.1) is 27.2 Å². The Morgan fingerprint density at radius 1 is 1.21 bits per heavy atom. The molecular weight excluding hydrogens is 318 g/mol. The minimum Gasteiger partial charge on any atom is -0.354 e. The van der Waals surface area contributed by atoms with Crippen LogP contribution in [0.4, 0.5) is 11.4 Å². The highest BCUT2D eigenvalue weighted by Crippen LogP contribution is 2.31. The Morgan fingerprint density at radius 3 is 2.33 bits per heavy atom. The van der Waals surface area contributed by atoms with Crippen molar-refractivity contribution in [3.05, 3.63) is 61.5 Å². The first-order valence-corrected chi connectivity index (χ1v) is 7.13. The van der Waals surface area contributed by atoms with E-state index in [9.17, 15) is 25.0 Å². The summed E-state index contributed by atoms with van der Waals surface area (Å²) in [6.07, 6.45) is 0.239. The van der Waals surface area contributed by atoms with E-state index >= 15 is 0 Å². The van der Waals surface area contributed by atoms with Crippen molar-refractivity contribution < 1.29 is 19.2 Å². The first-order chi connectivity index (χ1) is 11.3. The zero-order valence-electron chi connectivity index (χ0n) is 13.1. The van der Waals surface area contributed by atoms with E-state index < -0.39 is 15.8 Å². The van der Waals surface area contributed by atoms with E-state index in [1.54, 1.807) is 12.1 Å². The predicted octanol–water partition coefficient (Wildman–Crippen LogP) is 3.10. The van der Waals surface area contributed by atoms with Gasteiger partial charge in [0.2, 0.25) is 5.76 Å². The van der Waals surface area contributed by atoms with E-state index in [1.807, 2.05) is 0 Å². The molecule has 0 radical (unpaired) electrons. The molecule has 0 N–H and O–H groups in total. The Hall–Kier alpha value is -3.10. The van der Waals surface area contributed by atoms with Crippen molar-refractivity contribution in [3.8, 4) is 0 Å². The van der Waals surface area contributed by atoms with E-state index in [4.69, 9.17) is 4.52 Å². The van der Waals surface area contributed by atoms with Gasteiger partial charge < -0.3 is 9.32 Å². The number of aryl methyl sites for hydroxylation is 1. The number of nitro groups is 2. The van der Waals surface area contributed by atoms with Crippen LogP contribution >= 0.6 is 0 Å². The molecule has 0 saturated carbocycles. The Morgan fingerprint density at radius 2 is 1.83 bits per heavy atom. The van der Waals surface area contributed by atoms with Gasteiger partial charge in [-0.3, -0.25) is 20.2 Å². The number of carbonyl (C=O) groups is 1. The van der Waals surface area contributed by atoms with Crippen molar-refractivity contribution >= 4 is 17.2 Å². The van der Waals surface area contributed by atoms with Crippen LogP contribution < -0.4 is 0 Å². The average molecular weight is 333 g/mol. The topological polar surface area (TPSA) is 129 Å². The third-order valence-electron chi connectivity index (χ3n) is 3.62. The first-order valence-electron chi connectivity index (χ1n) is 7.13. The second-order valence-electron chi connectivity index (χ2n) is 5.45. The lowest BCUT2D eigenvalue weighted by Gasteiger charge is -2.14. The normalized spacial score (nSPS) is 11.9. The van der Waals surface area contributed by atoms with Gasteiger partial charge in [-0.1, -0.05) is 17.3 Å². The Labute approximate surface area is 136 Å². The molecule has 2 rings (SSSR count). The molecule has 1 heterocycles. The molecule has 1 atom stereocenters. The summed E-state index contributed by atoms with van der Waals surface area (Å²) in [6.45, 7) is 2.88. The van der Waals surface area contributed by atoms with Crippen molar-refractivity contribution in [2.24, 2.45) is 0 Å². The summed E-state index contributed by atoms with van der Waals surface area (Å²) in [5.41, 5.74) is 0.562. The summed E-state index contributed by atoms with van der Waals surface area (Å²) in [5.74, 6) is -0.409. The van der Waals surface area contributed by atoms with Crippen molar-refractivity contribution in [2.45, 2.75) is 32.6 Å². The SMILES string of the molecule is CC(=O)CC(Cc1onc(C)c1[N+](=O)[O-])c1ccc([N+](=O)[O-])cc1. The van der Waals surface area contributed by atoms with E-state index in [1.165, 1.54) is 26.0 Å². The summed E-state index contributed by atoms with van der Waals surface area (Å²) < 4.78 is 5.04. The first kappa shape index (κ1) is 17.3. The van der Waals surface area contributed by atoms with Crippen LogP contribution in [-0.2, 0) is 11.2 Å². The largest absolute Gasteiger partial charge is 0.354 e. The van der Waals surface area contributed by atoms with Gasteiger partial charge in [-0.05, 0) is 25.3 Å². The number of carbonyl (C=O) groups excluding carboxylic acids is 1. The van der Waals surface area contributed by atoms with Crippen LogP contribution in [0.3, 0.4) is 0 Å². The molecule has 1 aromatic heterocycles. The van der Waals surface area contributed by atoms with Crippen LogP contribution in [0.25, 0.3) is 0 Å². The predicted molar refractivity (Wildman–Crippen MR) is 82.7 cm³/mol. The maximum atomic E-state index is 11.5. The molecule has 0 saturated heterocycles. The summed E-state index contributed by atoms with van der Waals surface area (Å²) in [4.78, 5) is 32.3. The summed E-state index contributed by atoms with van der Waals surface area (Å²) in [5, 5.41) is 25.5. The highest BCUT2D eigenvalue weighted by Gasteiger charge is 2.28. The lowest BCUT2D eigenvalue weighted by atomic mass is 9.89. The van der Waals surface area contributed by atoms with Crippen LogP contribution in [0.15, 0.2) is 28.8 Å². The smallest absolute Gasteiger partial charge is 0.334 e. The Kier molecular flexibility index (Phi) is 5.02. The third kappa shape index (κ3) is 3.80. The Balaban J connectivity index is 2.34. The van der Waals surface area contributed by atoms with Gasteiger partial charge in [0.05, 0.1) is 9.85 Å². The number of non-ortho nitro benzene ring substituents is 1. The molecular formula is C15H15N3O6. The number of benzene rings is 1. The van der Waals surface area contributed by atoms with Gasteiger partial charge in [0.15, 0.2) is 5.69 Å². The summed E-state index contributed by atoms with van der Waals surface area (Å²) in [6, 6.07) is 5.76. The van der Waals surface area contributed by atoms with Gasteiger partial charge in [-0.25, -0.2) is 0 Å². The molecule has 9 nitrogen and oxygen atoms in total. The number of ketones is 1. The maximum absolute atomic E-state index is 11.5. The molecule has 0 amide bonds.